The van der Waals surface area contributed by atoms with Crippen LogP contribution >= 0.6 is 0 Å². The molecular weight excluding hydrogens is 238 g/mol. The van der Waals surface area contributed by atoms with Crippen LogP contribution in [0.15, 0.2) is 12.1 Å². The van der Waals surface area contributed by atoms with Gasteiger partial charge in [-0.2, -0.15) is 0 Å². The molecule has 1 aliphatic heterocycles. The first kappa shape index (κ1) is 14.4. The van der Waals surface area contributed by atoms with Gasteiger partial charge in [-0.15, -0.1) is 0 Å². The van der Waals surface area contributed by atoms with Gasteiger partial charge in [0.25, 0.3) is 0 Å². The Labute approximate surface area is 116 Å². The van der Waals surface area contributed by atoms with Gasteiger partial charge in [-0.05, 0) is 23.0 Å². The average Bonchev–Trinajstić information content (AvgIpc) is 2.38. The number of ether oxygens (including phenoxy) is 1. The van der Waals surface area contributed by atoms with Crippen LogP contribution in [0.1, 0.15) is 62.3 Å². The normalized spacial score (nSPS) is 20.2. The van der Waals surface area contributed by atoms with Gasteiger partial charge in [0.05, 0.1) is 12.7 Å². The zero-order chi connectivity index (χ0) is 14.0. The first-order valence-electron chi connectivity index (χ1n) is 7.20. The van der Waals surface area contributed by atoms with Crippen LogP contribution in [0.4, 0.5) is 0 Å². The van der Waals surface area contributed by atoms with Gasteiger partial charge in [0, 0.05) is 18.7 Å². The number of benzene rings is 1. The van der Waals surface area contributed by atoms with Gasteiger partial charge in [0.2, 0.25) is 0 Å². The second-order valence-electron chi connectivity index (χ2n) is 5.88. The number of aromatic hydroxyl groups is 1. The van der Waals surface area contributed by atoms with Crippen molar-refractivity contribution in [2.24, 2.45) is 0 Å². The molecule has 106 valence electrons. The zero-order valence-electron chi connectivity index (χ0n) is 12.4. The molecule has 0 aliphatic carbocycles. The highest BCUT2D eigenvalue weighted by atomic mass is 16.5. The van der Waals surface area contributed by atoms with E-state index < -0.39 is 0 Å². The van der Waals surface area contributed by atoms with Crippen molar-refractivity contribution >= 4 is 0 Å². The lowest BCUT2D eigenvalue weighted by Crippen LogP contribution is -2.34. The fourth-order valence-corrected chi connectivity index (χ4v) is 2.70. The molecule has 1 atom stereocenters. The molecular formula is C16H25NO2. The lowest BCUT2D eigenvalue weighted by molar-refractivity contribution is 0.0255. The van der Waals surface area contributed by atoms with E-state index in [9.17, 15) is 5.11 Å². The Balaban J connectivity index is 2.49. The van der Waals surface area contributed by atoms with E-state index in [0.29, 0.717) is 24.2 Å². The molecule has 0 bridgehead atoms. The Hall–Kier alpha value is -1.06. The van der Waals surface area contributed by atoms with E-state index in [2.05, 4.69) is 45.1 Å². The maximum absolute atomic E-state index is 10.6. The highest BCUT2D eigenvalue weighted by molar-refractivity contribution is 5.49. The third-order valence-electron chi connectivity index (χ3n) is 3.78. The molecule has 0 spiro atoms. The fraction of sp³-hybridized carbons (Fsp3) is 0.625. The Morgan fingerprint density at radius 1 is 1.16 bits per heavy atom. The van der Waals surface area contributed by atoms with Crippen molar-refractivity contribution in [1.29, 1.82) is 0 Å². The molecule has 0 aromatic heterocycles. The Morgan fingerprint density at radius 3 is 2.32 bits per heavy atom. The minimum atomic E-state index is -0.0372. The second kappa shape index (κ2) is 5.93. The monoisotopic (exact) mass is 263 g/mol. The molecule has 1 heterocycles. The van der Waals surface area contributed by atoms with Crippen LogP contribution in [0.25, 0.3) is 0 Å². The summed E-state index contributed by atoms with van der Waals surface area (Å²) in [5, 5.41) is 14.0. The van der Waals surface area contributed by atoms with E-state index in [1.54, 1.807) is 0 Å². The zero-order valence-corrected chi connectivity index (χ0v) is 12.4. The second-order valence-corrected chi connectivity index (χ2v) is 5.88. The van der Waals surface area contributed by atoms with Gasteiger partial charge in [-0.3, -0.25) is 0 Å². The summed E-state index contributed by atoms with van der Waals surface area (Å²) in [5.41, 5.74) is 3.18. The summed E-state index contributed by atoms with van der Waals surface area (Å²) in [6.07, 6.45) is -0.0372. The number of phenolic OH excluding ortho intramolecular Hbond substituents is 1. The molecule has 3 heteroatoms. The molecule has 1 aliphatic rings. The lowest BCUT2D eigenvalue weighted by Gasteiger charge is -2.29. The predicted molar refractivity (Wildman–Crippen MR) is 77.8 cm³/mol. The first-order valence-corrected chi connectivity index (χ1v) is 7.20. The minimum Gasteiger partial charge on any atom is -0.507 e. The Bertz CT molecular complexity index is 435. The molecule has 2 rings (SSSR count). The highest BCUT2D eigenvalue weighted by Crippen LogP contribution is 2.39. The van der Waals surface area contributed by atoms with Crippen LogP contribution < -0.4 is 5.32 Å². The smallest absolute Gasteiger partial charge is 0.125 e. The van der Waals surface area contributed by atoms with E-state index in [1.165, 1.54) is 5.56 Å². The summed E-state index contributed by atoms with van der Waals surface area (Å²) in [5.74, 6) is 1.12. The summed E-state index contributed by atoms with van der Waals surface area (Å²) in [6.45, 7) is 10.9. The summed E-state index contributed by atoms with van der Waals surface area (Å²) in [7, 11) is 0. The number of phenols is 1. The van der Waals surface area contributed by atoms with E-state index in [-0.39, 0.29) is 6.10 Å². The summed E-state index contributed by atoms with van der Waals surface area (Å²) < 4.78 is 5.85. The molecule has 1 aromatic rings. The summed E-state index contributed by atoms with van der Waals surface area (Å²) in [6, 6.07) is 4.20. The van der Waals surface area contributed by atoms with Crippen molar-refractivity contribution in [1.82, 2.24) is 5.32 Å². The number of hydrogen-bond donors (Lipinski definition) is 2. The lowest BCUT2D eigenvalue weighted by atomic mass is 9.88. The Morgan fingerprint density at radius 2 is 1.79 bits per heavy atom. The number of morpholine rings is 1. The summed E-state index contributed by atoms with van der Waals surface area (Å²) >= 11 is 0. The van der Waals surface area contributed by atoms with Crippen molar-refractivity contribution in [3.63, 3.8) is 0 Å². The van der Waals surface area contributed by atoms with Crippen molar-refractivity contribution in [3.8, 4) is 5.75 Å². The molecule has 1 aromatic carbocycles. The molecule has 3 nitrogen and oxygen atoms in total. The number of nitrogens with one attached hydrogen (secondary N) is 1. The largest absolute Gasteiger partial charge is 0.507 e. The number of hydrogen-bond acceptors (Lipinski definition) is 3. The number of rotatable bonds is 3. The molecule has 1 saturated heterocycles. The predicted octanol–water partition coefficient (Wildman–Crippen LogP) is 3.30. The van der Waals surface area contributed by atoms with Gasteiger partial charge in [-0.1, -0.05) is 39.8 Å². The van der Waals surface area contributed by atoms with Gasteiger partial charge in [0.15, 0.2) is 0 Å². The SMILES string of the molecule is CC(C)c1ccc(C(C)C)c(C2CNCCO2)c1O. The maximum atomic E-state index is 10.6. The maximum Gasteiger partial charge on any atom is 0.125 e. The molecule has 0 amide bonds. The van der Waals surface area contributed by atoms with Gasteiger partial charge in [0.1, 0.15) is 5.75 Å². The first-order chi connectivity index (χ1) is 9.02. The standard InChI is InChI=1S/C16H25NO2/c1-10(2)12-5-6-13(11(3)4)16(18)15(12)14-9-17-7-8-19-14/h5-6,10-11,14,17-18H,7-9H2,1-4H3. The van der Waals surface area contributed by atoms with Gasteiger partial charge < -0.3 is 15.2 Å². The molecule has 1 fully saturated rings. The third kappa shape index (κ3) is 2.93. The Kier molecular flexibility index (Phi) is 4.48. The van der Waals surface area contributed by atoms with Gasteiger partial charge in [-0.25, -0.2) is 0 Å². The molecule has 0 radical (unpaired) electrons. The van der Waals surface area contributed by atoms with E-state index in [0.717, 1.165) is 24.2 Å². The van der Waals surface area contributed by atoms with Crippen LogP contribution in [0.5, 0.6) is 5.75 Å². The molecule has 0 saturated carbocycles. The van der Waals surface area contributed by atoms with Crippen molar-refractivity contribution in [3.05, 3.63) is 28.8 Å². The van der Waals surface area contributed by atoms with Crippen molar-refractivity contribution in [2.75, 3.05) is 19.7 Å². The highest BCUT2D eigenvalue weighted by Gasteiger charge is 2.25. The van der Waals surface area contributed by atoms with E-state index in [1.807, 2.05) is 0 Å². The van der Waals surface area contributed by atoms with E-state index in [4.69, 9.17) is 4.74 Å². The molecule has 2 N–H and O–H groups in total. The minimum absolute atomic E-state index is 0.0372. The van der Waals surface area contributed by atoms with Crippen LogP contribution in [-0.4, -0.2) is 24.8 Å². The average molecular weight is 263 g/mol. The van der Waals surface area contributed by atoms with Crippen molar-refractivity contribution in [2.45, 2.75) is 45.6 Å². The van der Waals surface area contributed by atoms with Gasteiger partial charge >= 0.3 is 0 Å². The van der Waals surface area contributed by atoms with Crippen LogP contribution in [-0.2, 0) is 4.74 Å². The van der Waals surface area contributed by atoms with Crippen molar-refractivity contribution < 1.29 is 9.84 Å². The molecule has 1 unspecified atom stereocenters. The topological polar surface area (TPSA) is 41.5 Å². The quantitative estimate of drug-likeness (QED) is 0.879. The van der Waals surface area contributed by atoms with Crippen LogP contribution in [0.3, 0.4) is 0 Å². The van der Waals surface area contributed by atoms with E-state index >= 15 is 0 Å². The fourth-order valence-electron chi connectivity index (χ4n) is 2.70. The van der Waals surface area contributed by atoms with Crippen LogP contribution in [0.2, 0.25) is 0 Å². The summed E-state index contributed by atoms with van der Waals surface area (Å²) in [4.78, 5) is 0. The molecule has 19 heavy (non-hydrogen) atoms. The third-order valence-corrected chi connectivity index (χ3v) is 3.78. The van der Waals surface area contributed by atoms with Crippen LogP contribution in [0, 0.1) is 0 Å².